The molecule has 0 spiro atoms. The summed E-state index contributed by atoms with van der Waals surface area (Å²) in [6.07, 6.45) is 0.221. The average molecular weight is 370 g/mol. The number of halogens is 2. The molecular formula is C15H14BrClN2O2. The molecule has 6 heteroatoms. The number of ether oxygens (including phenoxy) is 1. The lowest BCUT2D eigenvalue weighted by molar-refractivity contribution is -0.116. The van der Waals surface area contributed by atoms with Gasteiger partial charge in [-0.05, 0) is 36.4 Å². The number of rotatable bonds is 5. The Bertz CT molecular complexity index is 649. The molecule has 0 aliphatic rings. The van der Waals surface area contributed by atoms with Gasteiger partial charge in [0.1, 0.15) is 5.75 Å². The molecule has 0 saturated carbocycles. The number of nitrogens with two attached hydrogens (primary N) is 1. The van der Waals surface area contributed by atoms with Crippen LogP contribution in [0.2, 0.25) is 5.02 Å². The Hall–Kier alpha value is -1.72. The van der Waals surface area contributed by atoms with Gasteiger partial charge in [-0.3, -0.25) is 4.79 Å². The highest BCUT2D eigenvalue weighted by Crippen LogP contribution is 2.23. The molecule has 0 aromatic heterocycles. The second kappa shape index (κ2) is 7.33. The molecule has 2 aromatic carbocycles. The smallest absolute Gasteiger partial charge is 0.227 e. The Balaban J connectivity index is 1.84. The van der Waals surface area contributed by atoms with Crippen LogP contribution in [0.25, 0.3) is 0 Å². The third-order valence-electron chi connectivity index (χ3n) is 2.68. The lowest BCUT2D eigenvalue weighted by atomic mass is 10.2. The van der Waals surface area contributed by atoms with Crippen molar-refractivity contribution in [2.24, 2.45) is 0 Å². The van der Waals surface area contributed by atoms with Crippen LogP contribution >= 0.6 is 27.5 Å². The number of hydrogen-bond acceptors (Lipinski definition) is 3. The van der Waals surface area contributed by atoms with Gasteiger partial charge in [0.15, 0.2) is 0 Å². The van der Waals surface area contributed by atoms with Crippen LogP contribution in [0.4, 0.5) is 11.4 Å². The number of nitrogen functional groups attached to an aromatic ring is 1. The van der Waals surface area contributed by atoms with Crippen molar-refractivity contribution >= 4 is 44.8 Å². The maximum absolute atomic E-state index is 11.8. The van der Waals surface area contributed by atoms with Gasteiger partial charge in [-0.2, -0.15) is 0 Å². The van der Waals surface area contributed by atoms with Crippen molar-refractivity contribution in [3.8, 4) is 5.75 Å². The van der Waals surface area contributed by atoms with Gasteiger partial charge in [0.05, 0.1) is 24.4 Å². The molecule has 0 bridgehead atoms. The third kappa shape index (κ3) is 4.95. The predicted octanol–water partition coefficient (Wildman–Crippen LogP) is 4.09. The molecule has 0 saturated heterocycles. The maximum atomic E-state index is 11.8. The summed E-state index contributed by atoms with van der Waals surface area (Å²) in [5.41, 5.74) is 6.75. The first kappa shape index (κ1) is 15.7. The first-order valence-corrected chi connectivity index (χ1v) is 7.45. The number of anilines is 2. The van der Waals surface area contributed by atoms with Crippen LogP contribution in [-0.4, -0.2) is 12.5 Å². The van der Waals surface area contributed by atoms with Gasteiger partial charge in [-0.1, -0.05) is 33.6 Å². The van der Waals surface area contributed by atoms with Crippen LogP contribution in [-0.2, 0) is 4.79 Å². The summed E-state index contributed by atoms with van der Waals surface area (Å²) in [5, 5.41) is 3.23. The number of hydrogen-bond donors (Lipinski definition) is 2. The molecule has 0 aliphatic carbocycles. The zero-order valence-electron chi connectivity index (χ0n) is 11.1. The summed E-state index contributed by atoms with van der Waals surface area (Å²) < 4.78 is 6.43. The summed E-state index contributed by atoms with van der Waals surface area (Å²) in [6.45, 7) is 0.281. The molecule has 0 heterocycles. The number of carbonyl (C=O) groups excluding carboxylic acids is 1. The molecule has 0 unspecified atom stereocenters. The van der Waals surface area contributed by atoms with Gasteiger partial charge in [0.25, 0.3) is 0 Å². The van der Waals surface area contributed by atoms with Crippen molar-refractivity contribution in [1.82, 2.24) is 0 Å². The highest BCUT2D eigenvalue weighted by molar-refractivity contribution is 9.10. The van der Waals surface area contributed by atoms with E-state index in [1.165, 1.54) is 0 Å². The molecule has 3 N–H and O–H groups in total. The quantitative estimate of drug-likeness (QED) is 0.780. The van der Waals surface area contributed by atoms with Crippen LogP contribution in [0.1, 0.15) is 6.42 Å². The highest BCUT2D eigenvalue weighted by atomic mass is 79.9. The number of benzene rings is 2. The molecule has 0 atom stereocenters. The minimum Gasteiger partial charge on any atom is -0.493 e. The van der Waals surface area contributed by atoms with Crippen LogP contribution in [0.3, 0.4) is 0 Å². The van der Waals surface area contributed by atoms with E-state index < -0.39 is 0 Å². The summed E-state index contributed by atoms with van der Waals surface area (Å²) >= 11 is 9.22. The molecule has 0 radical (unpaired) electrons. The third-order valence-corrected chi connectivity index (χ3v) is 3.41. The van der Waals surface area contributed by atoms with Crippen molar-refractivity contribution in [3.63, 3.8) is 0 Å². The van der Waals surface area contributed by atoms with E-state index in [1.807, 2.05) is 24.3 Å². The van der Waals surface area contributed by atoms with E-state index >= 15 is 0 Å². The highest BCUT2D eigenvalue weighted by Gasteiger charge is 2.06. The molecule has 2 rings (SSSR count). The van der Waals surface area contributed by atoms with E-state index in [0.717, 1.165) is 4.47 Å². The van der Waals surface area contributed by atoms with Crippen molar-refractivity contribution in [2.45, 2.75) is 6.42 Å². The lowest BCUT2D eigenvalue weighted by Gasteiger charge is -2.09. The second-order valence-corrected chi connectivity index (χ2v) is 5.69. The van der Waals surface area contributed by atoms with E-state index in [-0.39, 0.29) is 18.9 Å². The van der Waals surface area contributed by atoms with Crippen LogP contribution in [0.15, 0.2) is 46.9 Å². The van der Waals surface area contributed by atoms with Gasteiger partial charge in [-0.15, -0.1) is 0 Å². The van der Waals surface area contributed by atoms with Crippen molar-refractivity contribution in [1.29, 1.82) is 0 Å². The molecule has 1 amide bonds. The molecule has 21 heavy (non-hydrogen) atoms. The van der Waals surface area contributed by atoms with Gasteiger partial charge < -0.3 is 15.8 Å². The second-order valence-electron chi connectivity index (χ2n) is 4.34. The summed E-state index contributed by atoms with van der Waals surface area (Å²) in [4.78, 5) is 11.8. The van der Waals surface area contributed by atoms with E-state index in [2.05, 4.69) is 21.2 Å². The first-order valence-electron chi connectivity index (χ1n) is 6.28. The van der Waals surface area contributed by atoms with Crippen molar-refractivity contribution in [2.75, 3.05) is 17.7 Å². The molecule has 0 fully saturated rings. The van der Waals surface area contributed by atoms with Crippen molar-refractivity contribution < 1.29 is 9.53 Å². The molecule has 0 aliphatic heterocycles. The van der Waals surface area contributed by atoms with E-state index in [1.54, 1.807) is 18.2 Å². The van der Waals surface area contributed by atoms with E-state index in [9.17, 15) is 4.79 Å². The van der Waals surface area contributed by atoms with Crippen LogP contribution in [0.5, 0.6) is 5.75 Å². The zero-order valence-corrected chi connectivity index (χ0v) is 13.4. The van der Waals surface area contributed by atoms with Gasteiger partial charge in [0.2, 0.25) is 5.91 Å². The van der Waals surface area contributed by atoms with Gasteiger partial charge >= 0.3 is 0 Å². The van der Waals surface area contributed by atoms with E-state index in [4.69, 9.17) is 22.1 Å². The number of carbonyl (C=O) groups is 1. The van der Waals surface area contributed by atoms with Gasteiger partial charge in [0, 0.05) is 9.50 Å². The first-order chi connectivity index (χ1) is 10.0. The Morgan fingerprint density at radius 2 is 2.10 bits per heavy atom. The molecular weight excluding hydrogens is 356 g/mol. The summed E-state index contributed by atoms with van der Waals surface area (Å²) in [6, 6.07) is 12.4. The standard InChI is InChI=1S/C15H14BrClN2O2/c16-10-2-1-3-12(8-10)21-7-6-15(20)19-14-9-11(17)4-5-13(14)18/h1-5,8-9H,6-7,18H2,(H,19,20). The fourth-order valence-electron chi connectivity index (χ4n) is 1.67. The maximum Gasteiger partial charge on any atom is 0.227 e. The minimum atomic E-state index is -0.182. The van der Waals surface area contributed by atoms with E-state index in [0.29, 0.717) is 22.1 Å². The topological polar surface area (TPSA) is 64.3 Å². The van der Waals surface area contributed by atoms with Crippen LogP contribution < -0.4 is 15.8 Å². The summed E-state index contributed by atoms with van der Waals surface area (Å²) in [7, 11) is 0. The number of amides is 1. The Labute approximate surface area is 136 Å². The molecule has 2 aromatic rings. The SMILES string of the molecule is Nc1ccc(Cl)cc1NC(=O)CCOc1cccc(Br)c1. The average Bonchev–Trinajstić information content (AvgIpc) is 2.43. The Morgan fingerprint density at radius 1 is 1.29 bits per heavy atom. The largest absolute Gasteiger partial charge is 0.493 e. The monoisotopic (exact) mass is 368 g/mol. The fraction of sp³-hybridized carbons (Fsp3) is 0.133. The summed E-state index contributed by atoms with van der Waals surface area (Å²) in [5.74, 6) is 0.526. The fourth-order valence-corrected chi connectivity index (χ4v) is 2.22. The lowest BCUT2D eigenvalue weighted by Crippen LogP contribution is -2.16. The molecule has 110 valence electrons. The van der Waals surface area contributed by atoms with Gasteiger partial charge in [-0.25, -0.2) is 0 Å². The molecule has 4 nitrogen and oxygen atoms in total. The zero-order chi connectivity index (χ0) is 15.2. The Morgan fingerprint density at radius 3 is 2.86 bits per heavy atom. The minimum absolute atomic E-state index is 0.182. The predicted molar refractivity (Wildman–Crippen MR) is 88.7 cm³/mol. The normalized spacial score (nSPS) is 10.2. The van der Waals surface area contributed by atoms with Crippen LogP contribution in [0, 0.1) is 0 Å². The number of nitrogens with one attached hydrogen (secondary N) is 1. The Kier molecular flexibility index (Phi) is 5.47. The van der Waals surface area contributed by atoms with Crippen molar-refractivity contribution in [3.05, 3.63) is 52.0 Å².